The highest BCUT2D eigenvalue weighted by molar-refractivity contribution is 7.89. The van der Waals surface area contributed by atoms with Gasteiger partial charge in [0.05, 0.1) is 6.42 Å². The van der Waals surface area contributed by atoms with Gasteiger partial charge in [-0.2, -0.15) is 0 Å². The number of rotatable bonds is 6. The first-order chi connectivity index (χ1) is 14.1. The largest absolute Gasteiger partial charge is 0.453 e. The van der Waals surface area contributed by atoms with Gasteiger partial charge in [-0.3, -0.25) is 4.79 Å². The molecule has 3 rings (SSSR count). The molecule has 10 heteroatoms. The molecule has 30 heavy (non-hydrogen) atoms. The smallest absolute Gasteiger partial charge is 0.241 e. The van der Waals surface area contributed by atoms with E-state index in [0.717, 1.165) is 12.1 Å². The predicted molar refractivity (Wildman–Crippen MR) is 108 cm³/mol. The average molecular weight is 453 g/mol. The van der Waals surface area contributed by atoms with Gasteiger partial charge in [0.25, 0.3) is 0 Å². The van der Waals surface area contributed by atoms with Crippen molar-refractivity contribution in [2.45, 2.75) is 11.3 Å². The summed E-state index contributed by atoms with van der Waals surface area (Å²) in [5.41, 5.74) is -0.0561. The lowest BCUT2D eigenvalue weighted by atomic mass is 10.1. The minimum absolute atomic E-state index is 0.0858. The van der Waals surface area contributed by atoms with Crippen LogP contribution >= 0.6 is 11.6 Å². The SMILES string of the molecule is NS(=O)(=O)c1cc(NC(=O)Cc2ccccc2F)cc(F)c1Oc1cccc(Cl)c1. The van der Waals surface area contributed by atoms with Crippen LogP contribution in [-0.2, 0) is 21.2 Å². The molecule has 0 atom stereocenters. The van der Waals surface area contributed by atoms with Crippen LogP contribution in [-0.4, -0.2) is 14.3 Å². The topological polar surface area (TPSA) is 98.5 Å². The molecule has 0 aliphatic carbocycles. The van der Waals surface area contributed by atoms with Gasteiger partial charge < -0.3 is 10.1 Å². The summed E-state index contributed by atoms with van der Waals surface area (Å²) in [4.78, 5) is 11.5. The number of primary sulfonamides is 1. The number of nitrogens with one attached hydrogen (secondary N) is 1. The van der Waals surface area contributed by atoms with Gasteiger partial charge in [-0.25, -0.2) is 22.3 Å². The molecule has 3 aromatic rings. The molecule has 0 aromatic heterocycles. The molecule has 0 aliphatic rings. The van der Waals surface area contributed by atoms with E-state index in [2.05, 4.69) is 5.32 Å². The van der Waals surface area contributed by atoms with E-state index in [4.69, 9.17) is 21.5 Å². The summed E-state index contributed by atoms with van der Waals surface area (Å²) in [7, 11) is -4.42. The van der Waals surface area contributed by atoms with Crippen molar-refractivity contribution in [2.24, 2.45) is 5.14 Å². The molecular formula is C20H15ClF2N2O4S. The van der Waals surface area contributed by atoms with Crippen molar-refractivity contribution < 1.29 is 26.7 Å². The van der Waals surface area contributed by atoms with Crippen LogP contribution in [0.2, 0.25) is 5.02 Å². The van der Waals surface area contributed by atoms with Crippen LogP contribution in [0.1, 0.15) is 5.56 Å². The Morgan fingerprint density at radius 3 is 2.43 bits per heavy atom. The van der Waals surface area contributed by atoms with Crippen LogP contribution in [0, 0.1) is 11.6 Å². The van der Waals surface area contributed by atoms with Crippen LogP contribution in [0.5, 0.6) is 11.5 Å². The molecule has 0 bridgehead atoms. The Bertz CT molecular complexity index is 1220. The number of sulfonamides is 1. The predicted octanol–water partition coefficient (Wildman–Crippen LogP) is 4.24. The van der Waals surface area contributed by atoms with Gasteiger partial charge in [0.15, 0.2) is 11.6 Å². The summed E-state index contributed by atoms with van der Waals surface area (Å²) in [5, 5.41) is 7.81. The van der Waals surface area contributed by atoms with E-state index in [9.17, 15) is 22.0 Å². The lowest BCUT2D eigenvalue weighted by molar-refractivity contribution is -0.115. The highest BCUT2D eigenvalue weighted by atomic mass is 35.5. The van der Waals surface area contributed by atoms with Gasteiger partial charge in [0.2, 0.25) is 15.9 Å². The molecule has 6 nitrogen and oxygen atoms in total. The van der Waals surface area contributed by atoms with Gasteiger partial charge in [-0.15, -0.1) is 0 Å². The number of anilines is 1. The van der Waals surface area contributed by atoms with Crippen molar-refractivity contribution in [3.05, 3.63) is 82.9 Å². The van der Waals surface area contributed by atoms with E-state index >= 15 is 0 Å². The maximum atomic E-state index is 14.7. The molecule has 1 amide bonds. The van der Waals surface area contributed by atoms with E-state index in [0.29, 0.717) is 5.02 Å². The molecule has 3 N–H and O–H groups in total. The number of benzene rings is 3. The van der Waals surface area contributed by atoms with Crippen molar-refractivity contribution in [2.75, 3.05) is 5.32 Å². The fourth-order valence-corrected chi connectivity index (χ4v) is 3.49. The zero-order chi connectivity index (χ0) is 21.9. The Labute approximate surface area is 176 Å². The highest BCUT2D eigenvalue weighted by Gasteiger charge is 2.23. The van der Waals surface area contributed by atoms with Gasteiger partial charge in [0, 0.05) is 16.8 Å². The average Bonchev–Trinajstić information content (AvgIpc) is 2.65. The van der Waals surface area contributed by atoms with Gasteiger partial charge in [-0.1, -0.05) is 35.9 Å². The van der Waals surface area contributed by atoms with Gasteiger partial charge >= 0.3 is 0 Å². The quantitative estimate of drug-likeness (QED) is 0.584. The molecule has 0 saturated carbocycles. The van der Waals surface area contributed by atoms with Crippen molar-refractivity contribution in [3.8, 4) is 11.5 Å². The monoisotopic (exact) mass is 452 g/mol. The van der Waals surface area contributed by atoms with Crippen LogP contribution in [0.3, 0.4) is 0 Å². The summed E-state index contributed by atoms with van der Waals surface area (Å²) in [5.74, 6) is -2.89. The Hall–Kier alpha value is -3.01. The van der Waals surface area contributed by atoms with Crippen molar-refractivity contribution in [1.82, 2.24) is 0 Å². The van der Waals surface area contributed by atoms with Gasteiger partial charge in [0.1, 0.15) is 16.5 Å². The van der Waals surface area contributed by atoms with Crippen molar-refractivity contribution in [1.29, 1.82) is 0 Å². The zero-order valence-electron chi connectivity index (χ0n) is 15.2. The normalized spacial score (nSPS) is 11.2. The standard InChI is InChI=1S/C20H15ClF2N2O4S/c21-13-5-3-6-15(9-13)29-20-17(23)10-14(11-18(20)30(24,27)28)25-19(26)8-12-4-1-2-7-16(12)22/h1-7,9-11H,8H2,(H,25,26)(H2,24,27,28). The fourth-order valence-electron chi connectivity index (χ4n) is 2.62. The maximum absolute atomic E-state index is 14.7. The Balaban J connectivity index is 1.91. The van der Waals surface area contributed by atoms with E-state index in [1.165, 1.54) is 36.4 Å². The molecule has 156 valence electrons. The number of hydrogen-bond donors (Lipinski definition) is 2. The minimum atomic E-state index is -4.42. The third-order valence-electron chi connectivity index (χ3n) is 3.92. The Morgan fingerprint density at radius 2 is 1.77 bits per heavy atom. The number of carbonyl (C=O) groups excluding carboxylic acids is 1. The molecule has 0 spiro atoms. The molecule has 3 aromatic carbocycles. The fraction of sp³-hybridized carbons (Fsp3) is 0.0500. The first-order valence-corrected chi connectivity index (χ1v) is 10.4. The summed E-state index contributed by atoms with van der Waals surface area (Å²) in [6.07, 6.45) is -0.334. The number of hydrogen-bond acceptors (Lipinski definition) is 4. The molecule has 0 radical (unpaired) electrons. The number of carbonyl (C=O) groups is 1. The first-order valence-electron chi connectivity index (χ1n) is 8.46. The summed E-state index contributed by atoms with van der Waals surface area (Å²) >= 11 is 5.85. The third kappa shape index (κ3) is 5.32. The van der Waals surface area contributed by atoms with Crippen LogP contribution in [0.15, 0.2) is 65.6 Å². The van der Waals surface area contributed by atoms with Crippen molar-refractivity contribution >= 4 is 33.2 Å². The van der Waals surface area contributed by atoms with E-state index < -0.39 is 38.2 Å². The molecular weight excluding hydrogens is 438 g/mol. The summed E-state index contributed by atoms with van der Waals surface area (Å²) in [6, 6.07) is 13.4. The lowest BCUT2D eigenvalue weighted by Crippen LogP contribution is -2.18. The second kappa shape index (κ2) is 8.78. The summed E-state index contributed by atoms with van der Waals surface area (Å²) in [6.45, 7) is 0. The zero-order valence-corrected chi connectivity index (χ0v) is 16.8. The molecule has 0 heterocycles. The number of halogens is 3. The third-order valence-corrected chi connectivity index (χ3v) is 5.08. The second-order valence-electron chi connectivity index (χ2n) is 6.21. The maximum Gasteiger partial charge on any atom is 0.241 e. The highest BCUT2D eigenvalue weighted by Crippen LogP contribution is 2.34. The number of amides is 1. The molecule has 0 unspecified atom stereocenters. The number of ether oxygens (including phenoxy) is 1. The molecule has 0 aliphatic heterocycles. The minimum Gasteiger partial charge on any atom is -0.453 e. The second-order valence-corrected chi connectivity index (χ2v) is 8.17. The van der Waals surface area contributed by atoms with Gasteiger partial charge in [-0.05, 0) is 35.9 Å². The lowest BCUT2D eigenvalue weighted by Gasteiger charge is -2.14. The van der Waals surface area contributed by atoms with E-state index in [-0.39, 0.29) is 23.4 Å². The Morgan fingerprint density at radius 1 is 1.03 bits per heavy atom. The van der Waals surface area contributed by atoms with Crippen molar-refractivity contribution in [3.63, 3.8) is 0 Å². The first kappa shape index (κ1) is 21.7. The molecule has 0 saturated heterocycles. The molecule has 0 fully saturated rings. The number of nitrogens with two attached hydrogens (primary N) is 1. The van der Waals surface area contributed by atoms with Crippen LogP contribution < -0.4 is 15.2 Å². The van der Waals surface area contributed by atoms with Crippen LogP contribution in [0.25, 0.3) is 0 Å². The van der Waals surface area contributed by atoms with E-state index in [1.54, 1.807) is 12.1 Å². The summed E-state index contributed by atoms with van der Waals surface area (Å²) < 4.78 is 57.7. The van der Waals surface area contributed by atoms with E-state index in [1.807, 2.05) is 0 Å². The Kier molecular flexibility index (Phi) is 6.35. The van der Waals surface area contributed by atoms with Crippen LogP contribution in [0.4, 0.5) is 14.5 Å².